The van der Waals surface area contributed by atoms with E-state index in [2.05, 4.69) is 0 Å². The molecule has 0 aliphatic rings. The molecule has 0 fully saturated rings. The first kappa shape index (κ1) is 20.6. The van der Waals surface area contributed by atoms with E-state index in [9.17, 15) is 18.0 Å². The summed E-state index contributed by atoms with van der Waals surface area (Å²) in [5, 5.41) is 0. The van der Waals surface area contributed by atoms with E-state index in [1.165, 1.54) is 26.0 Å². The van der Waals surface area contributed by atoms with Crippen molar-refractivity contribution in [1.29, 1.82) is 0 Å². The number of ketones is 1. The number of Topliss-reactive ketones (excluding diaryl/α,β-unsaturated/α-hetero) is 1. The second-order valence-electron chi connectivity index (χ2n) is 5.79. The summed E-state index contributed by atoms with van der Waals surface area (Å²) in [5.74, 6) is -0.486. The lowest BCUT2D eigenvalue weighted by Crippen LogP contribution is -2.13. The average molecular weight is 390 g/mol. The Kier molecular flexibility index (Phi) is 6.74. The molecule has 2 aromatic carbocycles. The predicted octanol–water partition coefficient (Wildman–Crippen LogP) is 3.44. The van der Waals surface area contributed by atoms with Gasteiger partial charge in [0, 0.05) is 11.1 Å². The minimum atomic E-state index is -3.56. The lowest BCUT2D eigenvalue weighted by molar-refractivity contribution is 0.0465. The summed E-state index contributed by atoms with van der Waals surface area (Å²) in [5.41, 5.74) is 0.993. The number of carbonyl (C=O) groups excluding carboxylic acids is 2. The fraction of sp³-hybridized carbons (Fsp3) is 0.300. The molecular weight excluding hydrogens is 368 g/mol. The second-order valence-corrected chi connectivity index (χ2v) is 8.03. The fourth-order valence-electron chi connectivity index (χ4n) is 2.49. The summed E-state index contributed by atoms with van der Waals surface area (Å²) in [7, 11) is -3.56. The van der Waals surface area contributed by atoms with Crippen LogP contribution in [-0.2, 0) is 21.2 Å². The highest BCUT2D eigenvalue weighted by atomic mass is 32.2. The lowest BCUT2D eigenvalue weighted by atomic mass is 10.1. The number of hydrogen-bond donors (Lipinski definition) is 0. The summed E-state index contributed by atoms with van der Waals surface area (Å²) < 4.78 is 35.2. The highest BCUT2D eigenvalue weighted by Gasteiger charge is 2.22. The van der Waals surface area contributed by atoms with Crippen LogP contribution in [0.2, 0.25) is 0 Å². The number of rotatable bonds is 8. The Bertz CT molecular complexity index is 947. The molecule has 2 rings (SSSR count). The van der Waals surface area contributed by atoms with Crippen LogP contribution in [0, 0.1) is 0 Å². The molecule has 27 heavy (non-hydrogen) atoms. The predicted molar refractivity (Wildman–Crippen MR) is 101 cm³/mol. The largest absolute Gasteiger partial charge is 0.493 e. The summed E-state index contributed by atoms with van der Waals surface area (Å²) in [6.07, 6.45) is 0. The van der Waals surface area contributed by atoms with Gasteiger partial charge in [-0.05, 0) is 44.2 Å². The van der Waals surface area contributed by atoms with Gasteiger partial charge in [0.05, 0.1) is 22.8 Å². The summed E-state index contributed by atoms with van der Waals surface area (Å²) in [6, 6.07) is 10.8. The Morgan fingerprint density at radius 3 is 2.37 bits per heavy atom. The Morgan fingerprint density at radius 2 is 1.74 bits per heavy atom. The van der Waals surface area contributed by atoms with Gasteiger partial charge in [-0.25, -0.2) is 13.2 Å². The molecular formula is C20H22O6S. The SMILES string of the molecule is CCOc1ccc(C(C)=O)cc1COC(=O)c1ccccc1S(=O)(=O)CC. The zero-order chi connectivity index (χ0) is 20.0. The van der Waals surface area contributed by atoms with E-state index in [4.69, 9.17) is 9.47 Å². The van der Waals surface area contributed by atoms with E-state index in [1.807, 2.05) is 6.92 Å². The number of hydrogen-bond acceptors (Lipinski definition) is 6. The molecule has 0 atom stereocenters. The summed E-state index contributed by atoms with van der Waals surface area (Å²) in [4.78, 5) is 24.0. The Morgan fingerprint density at radius 1 is 1.04 bits per heavy atom. The van der Waals surface area contributed by atoms with Crippen LogP contribution < -0.4 is 4.74 Å². The van der Waals surface area contributed by atoms with Gasteiger partial charge < -0.3 is 9.47 Å². The molecule has 0 spiro atoms. The van der Waals surface area contributed by atoms with Gasteiger partial charge in [-0.2, -0.15) is 0 Å². The first-order valence-corrected chi connectivity index (χ1v) is 10.2. The molecule has 2 aromatic rings. The lowest BCUT2D eigenvalue weighted by Gasteiger charge is -2.13. The third-order valence-corrected chi connectivity index (χ3v) is 5.73. The highest BCUT2D eigenvalue weighted by molar-refractivity contribution is 7.91. The standard InChI is InChI=1S/C20H22O6S/c1-4-25-18-11-10-15(14(3)21)12-16(18)13-26-20(22)17-8-6-7-9-19(17)27(23,24)5-2/h6-12H,4-5,13H2,1-3H3. The number of sulfone groups is 1. The first-order valence-electron chi connectivity index (χ1n) is 8.55. The molecule has 144 valence electrons. The van der Waals surface area contributed by atoms with E-state index in [0.29, 0.717) is 23.5 Å². The summed E-state index contributed by atoms with van der Waals surface area (Å²) in [6.45, 7) is 5.05. The van der Waals surface area contributed by atoms with E-state index < -0.39 is 15.8 Å². The number of ether oxygens (including phenoxy) is 2. The van der Waals surface area contributed by atoms with Crippen LogP contribution in [0.4, 0.5) is 0 Å². The van der Waals surface area contributed by atoms with E-state index >= 15 is 0 Å². The van der Waals surface area contributed by atoms with E-state index in [0.717, 1.165) is 0 Å². The molecule has 0 amide bonds. The van der Waals surface area contributed by atoms with Crippen molar-refractivity contribution in [2.45, 2.75) is 32.3 Å². The third-order valence-electron chi connectivity index (χ3n) is 3.95. The van der Waals surface area contributed by atoms with E-state index in [-0.39, 0.29) is 28.6 Å². The molecule has 0 bridgehead atoms. The van der Waals surface area contributed by atoms with E-state index in [1.54, 1.807) is 30.3 Å². The van der Waals surface area contributed by atoms with Gasteiger partial charge in [-0.15, -0.1) is 0 Å². The topological polar surface area (TPSA) is 86.7 Å². The van der Waals surface area contributed by atoms with Crippen LogP contribution in [0.1, 0.15) is 47.1 Å². The molecule has 0 unspecified atom stereocenters. The van der Waals surface area contributed by atoms with Gasteiger partial charge in [-0.1, -0.05) is 19.1 Å². The van der Waals surface area contributed by atoms with Crippen molar-refractivity contribution >= 4 is 21.6 Å². The van der Waals surface area contributed by atoms with Gasteiger partial charge in [-0.3, -0.25) is 4.79 Å². The Labute approximate surface area is 159 Å². The smallest absolute Gasteiger partial charge is 0.339 e. The molecule has 0 aliphatic carbocycles. The molecule has 7 heteroatoms. The van der Waals surface area contributed by atoms with Crippen LogP contribution in [-0.4, -0.2) is 32.5 Å². The van der Waals surface area contributed by atoms with Crippen molar-refractivity contribution in [2.75, 3.05) is 12.4 Å². The Hall–Kier alpha value is -2.67. The van der Waals surface area contributed by atoms with Crippen molar-refractivity contribution in [3.63, 3.8) is 0 Å². The highest BCUT2D eigenvalue weighted by Crippen LogP contribution is 2.23. The number of carbonyl (C=O) groups is 2. The minimum Gasteiger partial charge on any atom is -0.493 e. The van der Waals surface area contributed by atoms with Crippen LogP contribution in [0.5, 0.6) is 5.75 Å². The van der Waals surface area contributed by atoms with Gasteiger partial charge in [0.1, 0.15) is 12.4 Å². The monoisotopic (exact) mass is 390 g/mol. The van der Waals surface area contributed by atoms with Crippen molar-refractivity contribution in [2.24, 2.45) is 0 Å². The molecule has 0 radical (unpaired) electrons. The zero-order valence-corrected chi connectivity index (χ0v) is 16.3. The van der Waals surface area contributed by atoms with Gasteiger partial charge >= 0.3 is 5.97 Å². The van der Waals surface area contributed by atoms with Crippen LogP contribution in [0.25, 0.3) is 0 Å². The van der Waals surface area contributed by atoms with Crippen molar-refractivity contribution in [3.8, 4) is 5.75 Å². The first-order chi connectivity index (χ1) is 12.8. The number of benzene rings is 2. The molecule has 0 heterocycles. The van der Waals surface area contributed by atoms with Gasteiger partial charge in [0.25, 0.3) is 0 Å². The van der Waals surface area contributed by atoms with Crippen LogP contribution in [0.15, 0.2) is 47.4 Å². The normalized spacial score (nSPS) is 11.1. The molecule has 0 saturated heterocycles. The summed E-state index contributed by atoms with van der Waals surface area (Å²) >= 11 is 0. The maximum Gasteiger partial charge on any atom is 0.339 e. The van der Waals surface area contributed by atoms with Crippen molar-refractivity contribution in [3.05, 3.63) is 59.2 Å². The quantitative estimate of drug-likeness (QED) is 0.507. The molecule has 0 aliphatic heterocycles. The minimum absolute atomic E-state index is 0.0139. The molecule has 0 aromatic heterocycles. The molecule has 6 nitrogen and oxygen atoms in total. The molecule has 0 saturated carbocycles. The van der Waals surface area contributed by atoms with Gasteiger partial charge in [0.2, 0.25) is 0 Å². The van der Waals surface area contributed by atoms with Crippen molar-refractivity contribution in [1.82, 2.24) is 0 Å². The van der Waals surface area contributed by atoms with Gasteiger partial charge in [0.15, 0.2) is 15.6 Å². The third kappa shape index (κ3) is 4.95. The van der Waals surface area contributed by atoms with Crippen LogP contribution >= 0.6 is 0 Å². The zero-order valence-electron chi connectivity index (χ0n) is 15.5. The van der Waals surface area contributed by atoms with Crippen molar-refractivity contribution < 1.29 is 27.5 Å². The second kappa shape index (κ2) is 8.81. The maximum absolute atomic E-state index is 12.5. The Balaban J connectivity index is 2.29. The average Bonchev–Trinajstić information content (AvgIpc) is 2.67. The maximum atomic E-state index is 12.5. The number of esters is 1. The molecule has 0 N–H and O–H groups in total. The fourth-order valence-corrected chi connectivity index (χ4v) is 3.57. The van der Waals surface area contributed by atoms with Crippen LogP contribution in [0.3, 0.4) is 0 Å².